The molecule has 4 heteroatoms. The second-order valence-electron chi connectivity index (χ2n) is 4.95. The van der Waals surface area contributed by atoms with Gasteiger partial charge in [-0.1, -0.05) is 23.8 Å². The standard InChI is InChI=1S/C17H20N2OS/c1-12-7-9-14(10-8-12)19-17(20)13(2)18-15-5-4-6-16(11-15)21-3/h4-11,13,18H,1-3H3,(H,19,20)/t13-/m0/s1. The summed E-state index contributed by atoms with van der Waals surface area (Å²) in [6, 6.07) is 15.5. The maximum absolute atomic E-state index is 12.2. The number of rotatable bonds is 5. The third kappa shape index (κ3) is 4.53. The normalized spacial score (nSPS) is 11.8. The fourth-order valence-corrected chi connectivity index (χ4v) is 2.38. The van der Waals surface area contributed by atoms with E-state index in [9.17, 15) is 4.79 Å². The number of nitrogens with one attached hydrogen (secondary N) is 2. The van der Waals surface area contributed by atoms with Gasteiger partial charge in [0.1, 0.15) is 6.04 Å². The van der Waals surface area contributed by atoms with Crippen LogP contribution in [-0.2, 0) is 4.79 Å². The minimum absolute atomic E-state index is 0.0478. The number of thioether (sulfide) groups is 1. The van der Waals surface area contributed by atoms with Gasteiger partial charge in [0, 0.05) is 16.3 Å². The Balaban J connectivity index is 1.97. The summed E-state index contributed by atoms with van der Waals surface area (Å²) in [5.74, 6) is -0.0478. The molecule has 0 radical (unpaired) electrons. The van der Waals surface area contributed by atoms with Crippen LogP contribution in [0.25, 0.3) is 0 Å². The lowest BCUT2D eigenvalue weighted by Crippen LogP contribution is -2.31. The highest BCUT2D eigenvalue weighted by Gasteiger charge is 2.12. The van der Waals surface area contributed by atoms with E-state index >= 15 is 0 Å². The van der Waals surface area contributed by atoms with Crippen LogP contribution in [0.3, 0.4) is 0 Å². The molecule has 2 rings (SSSR count). The lowest BCUT2D eigenvalue weighted by atomic mass is 10.2. The molecule has 0 aliphatic rings. The SMILES string of the molecule is CSc1cccc(N[C@@H](C)C(=O)Nc2ccc(C)cc2)c1. The third-order valence-electron chi connectivity index (χ3n) is 3.17. The van der Waals surface area contributed by atoms with E-state index in [1.54, 1.807) is 11.8 Å². The summed E-state index contributed by atoms with van der Waals surface area (Å²) in [6.07, 6.45) is 2.03. The molecule has 1 atom stereocenters. The van der Waals surface area contributed by atoms with Crippen molar-refractivity contribution in [3.63, 3.8) is 0 Å². The Hall–Kier alpha value is -1.94. The van der Waals surface area contributed by atoms with Gasteiger partial charge in [-0.15, -0.1) is 11.8 Å². The molecule has 0 saturated carbocycles. The van der Waals surface area contributed by atoms with Crippen LogP contribution in [0.15, 0.2) is 53.4 Å². The van der Waals surface area contributed by atoms with Crippen LogP contribution in [0.1, 0.15) is 12.5 Å². The monoisotopic (exact) mass is 300 g/mol. The minimum atomic E-state index is -0.302. The summed E-state index contributed by atoms with van der Waals surface area (Å²) >= 11 is 1.68. The molecule has 0 aromatic heterocycles. The van der Waals surface area contributed by atoms with Gasteiger partial charge in [0.25, 0.3) is 0 Å². The predicted octanol–water partition coefficient (Wildman–Crippen LogP) is 4.16. The largest absolute Gasteiger partial charge is 0.374 e. The summed E-state index contributed by atoms with van der Waals surface area (Å²) < 4.78 is 0. The maximum atomic E-state index is 12.2. The van der Waals surface area contributed by atoms with E-state index in [0.29, 0.717) is 0 Å². The van der Waals surface area contributed by atoms with E-state index in [-0.39, 0.29) is 11.9 Å². The molecule has 0 bridgehead atoms. The van der Waals surface area contributed by atoms with E-state index in [0.717, 1.165) is 11.4 Å². The van der Waals surface area contributed by atoms with Gasteiger partial charge in [-0.05, 0) is 50.4 Å². The maximum Gasteiger partial charge on any atom is 0.246 e. The van der Waals surface area contributed by atoms with Crippen LogP contribution in [0.2, 0.25) is 0 Å². The van der Waals surface area contributed by atoms with E-state index < -0.39 is 0 Å². The predicted molar refractivity (Wildman–Crippen MR) is 91.1 cm³/mol. The summed E-state index contributed by atoms with van der Waals surface area (Å²) in [7, 11) is 0. The summed E-state index contributed by atoms with van der Waals surface area (Å²) in [4.78, 5) is 13.3. The molecular weight excluding hydrogens is 280 g/mol. The highest BCUT2D eigenvalue weighted by molar-refractivity contribution is 7.98. The van der Waals surface area contributed by atoms with Gasteiger partial charge in [0.05, 0.1) is 0 Å². The Morgan fingerprint density at radius 3 is 2.48 bits per heavy atom. The number of amides is 1. The number of anilines is 2. The summed E-state index contributed by atoms with van der Waals surface area (Å²) in [6.45, 7) is 3.88. The Morgan fingerprint density at radius 1 is 1.10 bits per heavy atom. The quantitative estimate of drug-likeness (QED) is 0.815. The number of aryl methyl sites for hydroxylation is 1. The summed E-state index contributed by atoms with van der Waals surface area (Å²) in [5.41, 5.74) is 2.94. The molecule has 0 saturated heterocycles. The molecule has 0 aliphatic carbocycles. The highest BCUT2D eigenvalue weighted by Crippen LogP contribution is 2.19. The smallest absolute Gasteiger partial charge is 0.246 e. The third-order valence-corrected chi connectivity index (χ3v) is 3.89. The molecule has 3 nitrogen and oxygen atoms in total. The zero-order chi connectivity index (χ0) is 15.2. The van der Waals surface area contributed by atoms with E-state index in [2.05, 4.69) is 10.6 Å². The van der Waals surface area contributed by atoms with Crippen molar-refractivity contribution in [2.24, 2.45) is 0 Å². The molecule has 110 valence electrons. The molecule has 2 N–H and O–H groups in total. The van der Waals surface area contributed by atoms with E-state index in [4.69, 9.17) is 0 Å². The summed E-state index contributed by atoms with van der Waals surface area (Å²) in [5, 5.41) is 6.13. The molecule has 0 unspecified atom stereocenters. The first-order valence-electron chi connectivity index (χ1n) is 6.86. The van der Waals surface area contributed by atoms with Crippen molar-refractivity contribution in [2.45, 2.75) is 24.8 Å². The van der Waals surface area contributed by atoms with Gasteiger partial charge < -0.3 is 10.6 Å². The van der Waals surface area contributed by atoms with Gasteiger partial charge in [-0.2, -0.15) is 0 Å². The Kier molecular flexibility index (Phi) is 5.28. The van der Waals surface area contributed by atoms with Crippen LogP contribution in [-0.4, -0.2) is 18.2 Å². The number of carbonyl (C=O) groups excluding carboxylic acids is 1. The molecule has 0 aliphatic heterocycles. The van der Waals surface area contributed by atoms with Gasteiger partial charge in [0.15, 0.2) is 0 Å². The van der Waals surface area contributed by atoms with Crippen molar-refractivity contribution in [2.75, 3.05) is 16.9 Å². The molecule has 2 aromatic rings. The average Bonchev–Trinajstić information content (AvgIpc) is 2.49. The molecule has 21 heavy (non-hydrogen) atoms. The van der Waals surface area contributed by atoms with Gasteiger partial charge in [-0.25, -0.2) is 0 Å². The number of benzene rings is 2. The zero-order valence-electron chi connectivity index (χ0n) is 12.5. The molecule has 0 heterocycles. The van der Waals surface area contributed by atoms with Crippen LogP contribution in [0.5, 0.6) is 0 Å². The van der Waals surface area contributed by atoms with E-state index in [1.807, 2.05) is 68.6 Å². The molecule has 1 amide bonds. The topological polar surface area (TPSA) is 41.1 Å². The first-order chi connectivity index (χ1) is 10.1. The van der Waals surface area contributed by atoms with Crippen molar-refractivity contribution in [1.29, 1.82) is 0 Å². The number of hydrogen-bond donors (Lipinski definition) is 2. The lowest BCUT2D eigenvalue weighted by Gasteiger charge is -2.16. The van der Waals surface area contributed by atoms with Crippen molar-refractivity contribution >= 4 is 29.0 Å². The molecule has 0 spiro atoms. The zero-order valence-corrected chi connectivity index (χ0v) is 13.3. The molecule has 0 fully saturated rings. The van der Waals surface area contributed by atoms with Crippen LogP contribution >= 0.6 is 11.8 Å². The average molecular weight is 300 g/mol. The van der Waals surface area contributed by atoms with Crippen LogP contribution in [0, 0.1) is 6.92 Å². The fraction of sp³-hybridized carbons (Fsp3) is 0.235. The van der Waals surface area contributed by atoms with Gasteiger partial charge >= 0.3 is 0 Å². The minimum Gasteiger partial charge on any atom is -0.374 e. The second kappa shape index (κ2) is 7.18. The van der Waals surface area contributed by atoms with Gasteiger partial charge in [-0.3, -0.25) is 4.79 Å². The van der Waals surface area contributed by atoms with Crippen molar-refractivity contribution in [1.82, 2.24) is 0 Å². The van der Waals surface area contributed by atoms with Gasteiger partial charge in [0.2, 0.25) is 5.91 Å². The Labute approximate surface area is 130 Å². The van der Waals surface area contributed by atoms with Crippen molar-refractivity contribution in [3.05, 3.63) is 54.1 Å². The molecular formula is C17H20N2OS. The highest BCUT2D eigenvalue weighted by atomic mass is 32.2. The molecule has 2 aromatic carbocycles. The van der Waals surface area contributed by atoms with Crippen molar-refractivity contribution < 1.29 is 4.79 Å². The van der Waals surface area contributed by atoms with E-state index in [1.165, 1.54) is 10.5 Å². The fourth-order valence-electron chi connectivity index (χ4n) is 1.92. The lowest BCUT2D eigenvalue weighted by molar-refractivity contribution is -0.116. The first kappa shape index (κ1) is 15.4. The Bertz CT molecular complexity index is 610. The van der Waals surface area contributed by atoms with Crippen molar-refractivity contribution in [3.8, 4) is 0 Å². The Morgan fingerprint density at radius 2 is 1.81 bits per heavy atom. The first-order valence-corrected chi connectivity index (χ1v) is 8.09. The number of hydrogen-bond acceptors (Lipinski definition) is 3. The van der Waals surface area contributed by atoms with Crippen LogP contribution in [0.4, 0.5) is 11.4 Å². The second-order valence-corrected chi connectivity index (χ2v) is 5.83. The van der Waals surface area contributed by atoms with Crippen LogP contribution < -0.4 is 10.6 Å². The number of carbonyl (C=O) groups is 1.